The van der Waals surface area contributed by atoms with Gasteiger partial charge in [-0.2, -0.15) is 0 Å². The maximum absolute atomic E-state index is 11.6. The fraction of sp³-hybridized carbons (Fsp3) is 0.600. The van der Waals surface area contributed by atoms with Crippen LogP contribution in [0.5, 0.6) is 0 Å². The van der Waals surface area contributed by atoms with E-state index in [9.17, 15) is 14.7 Å². The lowest BCUT2D eigenvalue weighted by Crippen LogP contribution is -2.57. The molecule has 1 aliphatic carbocycles. The number of carboxylic acids is 1. The minimum atomic E-state index is -1.07. The summed E-state index contributed by atoms with van der Waals surface area (Å²) in [7, 11) is 0. The van der Waals surface area contributed by atoms with Crippen molar-refractivity contribution in [2.45, 2.75) is 44.9 Å². The summed E-state index contributed by atoms with van der Waals surface area (Å²) in [6.45, 7) is 3.79. The molecule has 0 bridgehead atoms. The van der Waals surface area contributed by atoms with Gasteiger partial charge in [-0.3, -0.25) is 9.59 Å². The highest BCUT2D eigenvalue weighted by atomic mass is 35.5. The number of hydrogen-bond donors (Lipinski definition) is 1. The van der Waals surface area contributed by atoms with E-state index in [1.807, 2.05) is 0 Å². The van der Waals surface area contributed by atoms with E-state index in [2.05, 4.69) is 0 Å². The molecule has 0 spiro atoms. The predicted molar refractivity (Wildman–Crippen MR) is 79.0 cm³/mol. The van der Waals surface area contributed by atoms with Crippen molar-refractivity contribution in [1.82, 2.24) is 4.90 Å². The van der Waals surface area contributed by atoms with E-state index in [1.165, 1.54) is 0 Å². The van der Waals surface area contributed by atoms with Crippen LogP contribution in [-0.4, -0.2) is 46.0 Å². The zero-order valence-corrected chi connectivity index (χ0v) is 13.0. The molecule has 1 unspecified atom stereocenters. The monoisotopic (exact) mass is 313 g/mol. The second kappa shape index (κ2) is 6.20. The average molecular weight is 314 g/mol. The molecule has 0 fully saturated rings. The van der Waals surface area contributed by atoms with E-state index in [0.29, 0.717) is 25.8 Å². The predicted octanol–water partition coefficient (Wildman–Crippen LogP) is 2.31. The maximum Gasteiger partial charge on any atom is 0.323 e. The van der Waals surface area contributed by atoms with Crippen molar-refractivity contribution in [3.8, 4) is 0 Å². The molecular weight excluding hydrogens is 294 g/mol. The van der Waals surface area contributed by atoms with Crippen LogP contribution in [0.4, 0.5) is 0 Å². The molecule has 21 heavy (non-hydrogen) atoms. The number of carboxylic acid groups (broad SMARTS) is 1. The summed E-state index contributed by atoms with van der Waals surface area (Å²) in [5, 5.41) is 9.46. The number of carbonyl (C=O) groups excluding carboxylic acids is 1. The minimum absolute atomic E-state index is 0.171. The quantitative estimate of drug-likeness (QED) is 0.637. The van der Waals surface area contributed by atoms with Gasteiger partial charge in [0, 0.05) is 25.3 Å². The van der Waals surface area contributed by atoms with Gasteiger partial charge >= 0.3 is 5.97 Å². The Kier molecular flexibility index (Phi) is 4.74. The van der Waals surface area contributed by atoms with Gasteiger partial charge in [-0.25, -0.2) is 4.90 Å². The molecule has 1 atom stereocenters. The molecule has 0 aromatic carbocycles. The molecule has 6 heteroatoms. The molecule has 1 N–H and O–H groups in total. The number of Topliss-reactive ketones (excluding diaryl/α,β-unsaturated/α-hetero) is 1. The molecule has 116 valence electrons. The molecule has 0 amide bonds. The topological polar surface area (TPSA) is 66.8 Å². The smallest absolute Gasteiger partial charge is 0.323 e. The standard InChI is InChI=1S/C15H20ClNO4/c1-15(2,14(19)20)17-6-3-7-21-13(17)12-5-4-11(18)8-10(12)9-16/h3,7,13H,4-6,8-9H2,1-2H3,(H,19,20). The molecule has 5 nitrogen and oxygen atoms in total. The van der Waals surface area contributed by atoms with Crippen LogP contribution in [0.15, 0.2) is 23.5 Å². The van der Waals surface area contributed by atoms with Gasteiger partial charge in [0.05, 0.1) is 6.26 Å². The largest absolute Gasteiger partial charge is 0.480 e. The fourth-order valence-corrected chi connectivity index (χ4v) is 2.96. The van der Waals surface area contributed by atoms with Gasteiger partial charge in [0.2, 0.25) is 0 Å². The number of ketones is 1. The number of allylic oxidation sites excluding steroid dienone is 1. The first-order valence-electron chi connectivity index (χ1n) is 6.97. The molecule has 0 radical (unpaired) electrons. The van der Waals surface area contributed by atoms with E-state index in [-0.39, 0.29) is 11.7 Å². The molecule has 2 aliphatic rings. The van der Waals surface area contributed by atoms with Crippen LogP contribution in [0.2, 0.25) is 0 Å². The van der Waals surface area contributed by atoms with Gasteiger partial charge in [-0.15, -0.1) is 11.6 Å². The van der Waals surface area contributed by atoms with Gasteiger partial charge in [0.1, 0.15) is 11.3 Å². The molecule has 0 saturated heterocycles. The Balaban J connectivity index is 2.37. The first-order valence-corrected chi connectivity index (χ1v) is 7.50. The van der Waals surface area contributed by atoms with Crippen molar-refractivity contribution in [1.29, 1.82) is 0 Å². The zero-order chi connectivity index (χ0) is 15.6. The van der Waals surface area contributed by atoms with Gasteiger partial charge in [0.15, 0.2) is 6.23 Å². The van der Waals surface area contributed by atoms with Crippen LogP contribution in [0.1, 0.15) is 33.1 Å². The number of aliphatic carboxylic acids is 1. The van der Waals surface area contributed by atoms with Crippen molar-refractivity contribution in [3.05, 3.63) is 23.5 Å². The number of halogens is 1. The van der Waals surface area contributed by atoms with Crippen molar-refractivity contribution in [2.24, 2.45) is 0 Å². The van der Waals surface area contributed by atoms with Crippen LogP contribution >= 0.6 is 11.6 Å². The van der Waals surface area contributed by atoms with Gasteiger partial charge in [-0.1, -0.05) is 0 Å². The molecule has 2 rings (SSSR count). The summed E-state index contributed by atoms with van der Waals surface area (Å²) >= 11 is 5.97. The molecular formula is C15H20ClNO4. The van der Waals surface area contributed by atoms with Crippen LogP contribution < -0.4 is 0 Å². The first kappa shape index (κ1) is 16.0. The maximum atomic E-state index is 11.6. The Morgan fingerprint density at radius 1 is 1.52 bits per heavy atom. The number of hydrogen-bond acceptors (Lipinski definition) is 4. The van der Waals surface area contributed by atoms with E-state index >= 15 is 0 Å². The van der Waals surface area contributed by atoms with Crippen molar-refractivity contribution < 1.29 is 19.4 Å². The van der Waals surface area contributed by atoms with E-state index in [0.717, 1.165) is 11.1 Å². The van der Waals surface area contributed by atoms with Crippen molar-refractivity contribution >= 4 is 23.4 Å². The summed E-state index contributed by atoms with van der Waals surface area (Å²) in [6, 6.07) is 0. The number of alkyl halides is 1. The molecule has 0 aromatic heterocycles. The van der Waals surface area contributed by atoms with Gasteiger partial charge < -0.3 is 9.84 Å². The van der Waals surface area contributed by atoms with Crippen molar-refractivity contribution in [3.63, 3.8) is 0 Å². The Morgan fingerprint density at radius 3 is 2.86 bits per heavy atom. The SMILES string of the molecule is CC(C)(C(=O)O)N1CC=COC1C1=C(CCl)CC(=O)CC1. The highest BCUT2D eigenvalue weighted by Gasteiger charge is 2.42. The Hall–Kier alpha value is -1.33. The molecule has 0 aromatic rings. The zero-order valence-electron chi connectivity index (χ0n) is 12.3. The molecule has 1 aliphatic heterocycles. The summed E-state index contributed by atoms with van der Waals surface area (Å²) in [5.41, 5.74) is 0.740. The second-order valence-electron chi connectivity index (χ2n) is 5.85. The van der Waals surface area contributed by atoms with Crippen LogP contribution in [0, 0.1) is 0 Å². The molecule has 0 saturated carbocycles. The summed E-state index contributed by atoms with van der Waals surface area (Å²) < 4.78 is 5.69. The highest BCUT2D eigenvalue weighted by molar-refractivity contribution is 6.19. The van der Waals surface area contributed by atoms with Crippen LogP contribution in [0.25, 0.3) is 0 Å². The van der Waals surface area contributed by atoms with E-state index in [1.54, 1.807) is 31.1 Å². The lowest BCUT2D eigenvalue weighted by atomic mass is 9.88. The van der Waals surface area contributed by atoms with Crippen LogP contribution in [-0.2, 0) is 14.3 Å². The van der Waals surface area contributed by atoms with E-state index < -0.39 is 17.7 Å². The third-order valence-electron chi connectivity index (χ3n) is 4.13. The summed E-state index contributed by atoms with van der Waals surface area (Å²) in [5.74, 6) is -0.470. The van der Waals surface area contributed by atoms with Crippen LogP contribution in [0.3, 0.4) is 0 Å². The lowest BCUT2D eigenvalue weighted by Gasteiger charge is -2.43. The van der Waals surface area contributed by atoms with Gasteiger partial charge in [-0.05, 0) is 37.5 Å². The summed E-state index contributed by atoms with van der Waals surface area (Å²) in [4.78, 5) is 24.9. The number of carbonyl (C=O) groups is 2. The number of ether oxygens (including phenoxy) is 1. The normalized spacial score (nSPS) is 24.1. The Labute approximate surface area is 129 Å². The van der Waals surface area contributed by atoms with E-state index in [4.69, 9.17) is 16.3 Å². The number of nitrogens with zero attached hydrogens (tertiary/aromatic N) is 1. The van der Waals surface area contributed by atoms with Gasteiger partial charge in [0.25, 0.3) is 0 Å². The third-order valence-corrected chi connectivity index (χ3v) is 4.45. The average Bonchev–Trinajstić information content (AvgIpc) is 2.47. The second-order valence-corrected chi connectivity index (χ2v) is 6.12. The van der Waals surface area contributed by atoms with Crippen molar-refractivity contribution in [2.75, 3.05) is 12.4 Å². The molecule has 1 heterocycles. The minimum Gasteiger partial charge on any atom is -0.480 e. The Bertz CT molecular complexity index is 510. The lowest BCUT2D eigenvalue weighted by molar-refractivity contribution is -0.156. The Morgan fingerprint density at radius 2 is 2.24 bits per heavy atom. The highest BCUT2D eigenvalue weighted by Crippen LogP contribution is 2.33. The number of rotatable bonds is 4. The first-order chi connectivity index (χ1) is 9.87. The summed E-state index contributed by atoms with van der Waals surface area (Å²) in [6.07, 6.45) is 4.28. The third kappa shape index (κ3) is 3.14. The fourth-order valence-electron chi connectivity index (χ4n) is 2.69.